The second kappa shape index (κ2) is 9.59. The topological polar surface area (TPSA) is 80.0 Å². The highest BCUT2D eigenvalue weighted by Gasteiger charge is 2.23. The van der Waals surface area contributed by atoms with Crippen LogP contribution in [0.3, 0.4) is 0 Å². The summed E-state index contributed by atoms with van der Waals surface area (Å²) in [6, 6.07) is 15.3. The molecule has 4 N–H and O–H groups in total. The van der Waals surface area contributed by atoms with E-state index in [0.29, 0.717) is 17.2 Å². The Hall–Kier alpha value is -3.12. The molecule has 1 aliphatic carbocycles. The maximum Gasteiger partial charge on any atom is 0.270 e. The molecule has 0 bridgehead atoms. The minimum absolute atomic E-state index is 0.0200. The first-order valence-electron chi connectivity index (χ1n) is 9.84. The van der Waals surface area contributed by atoms with Gasteiger partial charge in [0, 0.05) is 28.5 Å². The number of nitrogens with zero attached hydrogens (tertiary/aromatic N) is 1. The fourth-order valence-electron chi connectivity index (χ4n) is 3.43. The van der Waals surface area contributed by atoms with E-state index in [1.54, 1.807) is 12.1 Å². The van der Waals surface area contributed by atoms with E-state index in [0.717, 1.165) is 12.8 Å². The maximum absolute atomic E-state index is 13.5. The van der Waals surface area contributed by atoms with Crippen LogP contribution in [-0.4, -0.2) is 16.9 Å². The summed E-state index contributed by atoms with van der Waals surface area (Å²) in [6.45, 7) is 4.00. The van der Waals surface area contributed by atoms with Gasteiger partial charge in [-0.25, -0.2) is 9.37 Å². The van der Waals surface area contributed by atoms with E-state index in [2.05, 4.69) is 27.8 Å². The molecule has 2 aromatic carbocycles. The number of hydrogen-bond donors (Lipinski definition) is 3. The van der Waals surface area contributed by atoms with Crippen molar-refractivity contribution < 1.29 is 9.18 Å². The Labute approximate surface area is 180 Å². The van der Waals surface area contributed by atoms with Gasteiger partial charge in [-0.2, -0.15) is 0 Å². The van der Waals surface area contributed by atoms with Crippen LogP contribution in [0.2, 0.25) is 5.02 Å². The lowest BCUT2D eigenvalue weighted by atomic mass is 10.1. The molecule has 0 saturated carbocycles. The summed E-state index contributed by atoms with van der Waals surface area (Å²) >= 11 is 5.87. The third-order valence-electron chi connectivity index (χ3n) is 4.60. The summed E-state index contributed by atoms with van der Waals surface area (Å²) in [5.41, 5.74) is 9.41. The summed E-state index contributed by atoms with van der Waals surface area (Å²) in [4.78, 5) is 17.0. The van der Waals surface area contributed by atoms with Crippen LogP contribution in [-0.2, 0) is 12.8 Å². The first-order valence-corrected chi connectivity index (χ1v) is 10.2. The van der Waals surface area contributed by atoms with Crippen LogP contribution in [0, 0.1) is 5.82 Å². The van der Waals surface area contributed by atoms with Crippen LogP contribution in [0.25, 0.3) is 0 Å². The Kier molecular flexibility index (Phi) is 6.90. The van der Waals surface area contributed by atoms with Crippen molar-refractivity contribution in [2.45, 2.75) is 32.7 Å². The molecule has 1 aliphatic rings. The smallest absolute Gasteiger partial charge is 0.270 e. The number of amides is 1. The number of benzene rings is 2. The van der Waals surface area contributed by atoms with Crippen molar-refractivity contribution in [3.63, 3.8) is 0 Å². The van der Waals surface area contributed by atoms with Gasteiger partial charge in [0.1, 0.15) is 17.3 Å². The second-order valence-corrected chi connectivity index (χ2v) is 7.24. The van der Waals surface area contributed by atoms with Gasteiger partial charge >= 0.3 is 0 Å². The molecule has 1 amide bonds. The summed E-state index contributed by atoms with van der Waals surface area (Å²) in [7, 11) is 0. The highest BCUT2D eigenvalue weighted by atomic mass is 35.5. The number of carbonyl (C=O) groups is 1. The summed E-state index contributed by atoms with van der Waals surface area (Å²) in [5, 5.41) is 6.20. The molecule has 0 spiro atoms. The monoisotopic (exact) mass is 426 g/mol. The maximum atomic E-state index is 13.5. The lowest BCUT2D eigenvalue weighted by Crippen LogP contribution is -2.35. The molecule has 5 nitrogen and oxygen atoms in total. The van der Waals surface area contributed by atoms with Gasteiger partial charge in [0.2, 0.25) is 0 Å². The summed E-state index contributed by atoms with van der Waals surface area (Å²) < 4.78 is 13.5. The minimum Gasteiger partial charge on any atom is -0.399 e. The lowest BCUT2D eigenvalue weighted by molar-refractivity contribution is 0.0933. The number of rotatable bonds is 4. The standard InChI is InChI=1S/C21H18ClFN4O.C2H6/c22-14-7-15(23)9-18(8-14)25-20-11-16(24)10-19(27-20)21(28)26-17-5-12-3-1-2-4-13(12)6-17;1-2/h1-4,7-11,17H,5-6H2,(H,26,28)(H3,24,25,27);1-2H3. The number of hydrogen-bond acceptors (Lipinski definition) is 4. The molecule has 156 valence electrons. The molecule has 30 heavy (non-hydrogen) atoms. The molecule has 4 rings (SSSR count). The van der Waals surface area contributed by atoms with Crippen LogP contribution in [0.5, 0.6) is 0 Å². The van der Waals surface area contributed by atoms with Crippen molar-refractivity contribution in [1.29, 1.82) is 0 Å². The third-order valence-corrected chi connectivity index (χ3v) is 4.82. The van der Waals surface area contributed by atoms with Crippen molar-refractivity contribution in [3.8, 4) is 0 Å². The molecular weight excluding hydrogens is 403 g/mol. The zero-order chi connectivity index (χ0) is 21.7. The van der Waals surface area contributed by atoms with Crippen LogP contribution < -0.4 is 16.4 Å². The van der Waals surface area contributed by atoms with Crippen molar-refractivity contribution in [2.24, 2.45) is 0 Å². The number of carbonyl (C=O) groups excluding carboxylic acids is 1. The molecule has 1 heterocycles. The third kappa shape index (κ3) is 5.27. The number of halogens is 2. The van der Waals surface area contributed by atoms with Gasteiger partial charge in [-0.1, -0.05) is 49.7 Å². The number of nitrogens with two attached hydrogens (primary N) is 1. The van der Waals surface area contributed by atoms with E-state index >= 15 is 0 Å². The Morgan fingerprint density at radius 1 is 1.10 bits per heavy atom. The van der Waals surface area contributed by atoms with E-state index in [1.807, 2.05) is 26.0 Å². The molecule has 7 heteroatoms. The van der Waals surface area contributed by atoms with Crippen molar-refractivity contribution >= 4 is 34.7 Å². The van der Waals surface area contributed by atoms with E-state index in [9.17, 15) is 9.18 Å². The highest BCUT2D eigenvalue weighted by molar-refractivity contribution is 6.30. The molecule has 0 aliphatic heterocycles. The zero-order valence-electron chi connectivity index (χ0n) is 16.9. The van der Waals surface area contributed by atoms with Crippen molar-refractivity contribution in [3.05, 3.63) is 82.3 Å². The molecule has 0 saturated heterocycles. The Bertz CT molecular complexity index is 1010. The van der Waals surface area contributed by atoms with Gasteiger partial charge in [0.05, 0.1) is 0 Å². The molecule has 0 atom stereocenters. The van der Waals surface area contributed by atoms with Crippen molar-refractivity contribution in [2.75, 3.05) is 11.1 Å². The molecule has 3 aromatic rings. The lowest BCUT2D eigenvalue weighted by Gasteiger charge is -2.13. The van der Waals surface area contributed by atoms with E-state index in [-0.39, 0.29) is 22.7 Å². The average molecular weight is 427 g/mol. The number of pyridine rings is 1. The van der Waals surface area contributed by atoms with Gasteiger partial charge in [-0.05, 0) is 48.2 Å². The fourth-order valence-corrected chi connectivity index (χ4v) is 3.65. The quantitative estimate of drug-likeness (QED) is 0.540. The first kappa shape index (κ1) is 21.6. The van der Waals surface area contributed by atoms with Gasteiger partial charge in [0.15, 0.2) is 0 Å². The Morgan fingerprint density at radius 2 is 1.77 bits per heavy atom. The fraction of sp³-hybridized carbons (Fsp3) is 0.217. The average Bonchev–Trinajstić information content (AvgIpc) is 3.10. The summed E-state index contributed by atoms with van der Waals surface area (Å²) in [5.74, 6) is -0.440. The SMILES string of the molecule is CC.Nc1cc(Nc2cc(F)cc(Cl)c2)nc(C(=O)NC2Cc3ccccc3C2)c1. The number of aromatic nitrogens is 1. The number of fused-ring (bicyclic) bond motifs is 1. The van der Waals surface area contributed by atoms with Crippen molar-refractivity contribution in [1.82, 2.24) is 10.3 Å². The normalized spacial score (nSPS) is 12.5. The number of nitrogen functional groups attached to an aromatic ring is 1. The largest absolute Gasteiger partial charge is 0.399 e. The summed E-state index contributed by atoms with van der Waals surface area (Å²) in [6.07, 6.45) is 1.58. The first-order chi connectivity index (χ1) is 14.5. The number of nitrogens with one attached hydrogen (secondary N) is 2. The van der Waals surface area contributed by atoms with Crippen LogP contribution in [0.1, 0.15) is 35.5 Å². The molecular formula is C23H24ClFN4O. The van der Waals surface area contributed by atoms with Gasteiger partial charge < -0.3 is 16.4 Å². The van der Waals surface area contributed by atoms with Gasteiger partial charge in [0.25, 0.3) is 5.91 Å². The molecule has 1 aromatic heterocycles. The number of anilines is 3. The van der Waals surface area contributed by atoms with Crippen LogP contribution in [0.15, 0.2) is 54.6 Å². The van der Waals surface area contributed by atoms with Gasteiger partial charge in [-0.15, -0.1) is 0 Å². The van der Waals surface area contributed by atoms with E-state index < -0.39 is 5.82 Å². The van der Waals surface area contributed by atoms with Crippen LogP contribution in [0.4, 0.5) is 21.6 Å². The van der Waals surface area contributed by atoms with E-state index in [4.69, 9.17) is 17.3 Å². The highest BCUT2D eigenvalue weighted by Crippen LogP contribution is 2.24. The van der Waals surface area contributed by atoms with E-state index in [1.165, 1.54) is 29.3 Å². The van der Waals surface area contributed by atoms with Crippen LogP contribution >= 0.6 is 11.6 Å². The molecule has 0 unspecified atom stereocenters. The molecule has 0 fully saturated rings. The molecule has 0 radical (unpaired) electrons. The second-order valence-electron chi connectivity index (χ2n) is 6.80. The van der Waals surface area contributed by atoms with Gasteiger partial charge in [-0.3, -0.25) is 4.79 Å². The Balaban J connectivity index is 0.00000124. The Morgan fingerprint density at radius 3 is 2.40 bits per heavy atom. The predicted molar refractivity (Wildman–Crippen MR) is 120 cm³/mol. The minimum atomic E-state index is -0.474. The predicted octanol–water partition coefficient (Wildman–Crippen LogP) is 5.12. The zero-order valence-corrected chi connectivity index (χ0v) is 17.6.